The maximum absolute atomic E-state index is 11.9. The zero-order chi connectivity index (χ0) is 15.0. The lowest BCUT2D eigenvalue weighted by molar-refractivity contribution is -0.122. The molecule has 1 N–H and O–H groups in total. The minimum Gasteiger partial charge on any atom is -0.494 e. The Morgan fingerprint density at radius 1 is 1.10 bits per heavy atom. The van der Waals surface area contributed by atoms with Crippen molar-refractivity contribution >= 4 is 5.91 Å². The fraction of sp³-hybridized carbons (Fsp3) is 0.588. The third-order valence-corrected chi connectivity index (χ3v) is 3.32. The van der Waals surface area contributed by atoms with Crippen LogP contribution in [0.4, 0.5) is 0 Å². The zero-order valence-electron chi connectivity index (χ0n) is 13.1. The summed E-state index contributed by atoms with van der Waals surface area (Å²) in [6.07, 6.45) is 1.26. The van der Waals surface area contributed by atoms with Crippen LogP contribution in [0.2, 0.25) is 0 Å². The molecule has 1 aromatic carbocycles. The molecule has 0 aliphatic carbocycles. The highest BCUT2D eigenvalue weighted by Crippen LogP contribution is 2.12. The number of hydrogen-bond acceptors (Lipinski definition) is 2. The van der Waals surface area contributed by atoms with Crippen LogP contribution in [0.1, 0.15) is 40.5 Å². The van der Waals surface area contributed by atoms with Gasteiger partial charge in [-0.15, -0.1) is 0 Å². The number of ether oxygens (including phenoxy) is 1. The molecule has 0 unspecified atom stereocenters. The first-order valence-corrected chi connectivity index (χ1v) is 7.48. The normalized spacial score (nSPS) is 11.2. The molecule has 1 rings (SSSR count). The Hall–Kier alpha value is -1.51. The van der Waals surface area contributed by atoms with Gasteiger partial charge in [-0.1, -0.05) is 45.9 Å². The highest BCUT2D eigenvalue weighted by molar-refractivity contribution is 5.76. The maximum atomic E-state index is 11.9. The van der Waals surface area contributed by atoms with Crippen molar-refractivity contribution < 1.29 is 9.53 Å². The van der Waals surface area contributed by atoms with Crippen molar-refractivity contribution in [2.75, 3.05) is 6.61 Å². The molecule has 0 bridgehead atoms. The molecule has 20 heavy (non-hydrogen) atoms. The summed E-state index contributed by atoms with van der Waals surface area (Å²) in [5.74, 6) is 1.89. The molecule has 112 valence electrons. The van der Waals surface area contributed by atoms with Gasteiger partial charge in [-0.05, 0) is 30.4 Å². The monoisotopic (exact) mass is 277 g/mol. The lowest BCUT2D eigenvalue weighted by atomic mass is 9.93. The Labute approximate surface area is 122 Å². The van der Waals surface area contributed by atoms with E-state index in [2.05, 4.69) is 33.0 Å². The number of rotatable bonds is 8. The third kappa shape index (κ3) is 6.09. The van der Waals surface area contributed by atoms with Crippen molar-refractivity contribution in [2.45, 2.75) is 46.6 Å². The van der Waals surface area contributed by atoms with Gasteiger partial charge in [0.2, 0.25) is 5.91 Å². The van der Waals surface area contributed by atoms with Gasteiger partial charge in [0, 0.05) is 12.5 Å². The predicted molar refractivity (Wildman–Crippen MR) is 82.8 cm³/mol. The Bertz CT molecular complexity index is 379. The predicted octanol–water partition coefficient (Wildman–Crippen LogP) is 3.64. The number of benzene rings is 1. The molecule has 1 amide bonds. The Balaban J connectivity index is 2.23. The quantitative estimate of drug-likeness (QED) is 0.737. The van der Waals surface area contributed by atoms with Gasteiger partial charge in [-0.2, -0.15) is 0 Å². The highest BCUT2D eigenvalue weighted by Gasteiger charge is 2.19. The standard InChI is InChI=1S/C17H27NO2/c1-13(2)17(14(3)4)18-16(19)11-8-12-20-15-9-6-5-7-10-15/h5-7,9-10,13-14,17H,8,11-12H2,1-4H3,(H,18,19). The van der Waals surface area contributed by atoms with Crippen molar-refractivity contribution in [1.29, 1.82) is 0 Å². The Morgan fingerprint density at radius 2 is 1.70 bits per heavy atom. The topological polar surface area (TPSA) is 38.3 Å². The van der Waals surface area contributed by atoms with E-state index in [0.717, 1.165) is 12.2 Å². The van der Waals surface area contributed by atoms with Gasteiger partial charge in [0.1, 0.15) is 5.75 Å². The average molecular weight is 277 g/mol. The molecule has 0 saturated heterocycles. The minimum absolute atomic E-state index is 0.120. The number of amides is 1. The molecule has 0 spiro atoms. The lowest BCUT2D eigenvalue weighted by Gasteiger charge is -2.26. The van der Waals surface area contributed by atoms with Crippen molar-refractivity contribution in [3.05, 3.63) is 30.3 Å². The zero-order valence-corrected chi connectivity index (χ0v) is 13.1. The van der Waals surface area contributed by atoms with Crippen molar-refractivity contribution in [3.8, 4) is 5.75 Å². The minimum atomic E-state index is 0.120. The Morgan fingerprint density at radius 3 is 2.25 bits per heavy atom. The van der Waals surface area contributed by atoms with Gasteiger partial charge in [0.25, 0.3) is 0 Å². The van der Waals surface area contributed by atoms with Gasteiger partial charge in [0.05, 0.1) is 6.61 Å². The number of carbonyl (C=O) groups excluding carboxylic acids is 1. The molecule has 0 atom stereocenters. The van der Waals surface area contributed by atoms with E-state index in [9.17, 15) is 4.79 Å². The van der Waals surface area contributed by atoms with E-state index in [1.54, 1.807) is 0 Å². The molecule has 0 aliphatic rings. The van der Waals surface area contributed by atoms with E-state index in [1.807, 2.05) is 30.3 Å². The van der Waals surface area contributed by atoms with Crippen molar-refractivity contribution in [3.63, 3.8) is 0 Å². The van der Waals surface area contributed by atoms with Crippen LogP contribution in [0, 0.1) is 11.8 Å². The Kier molecular flexibility index (Phi) is 7.13. The second-order valence-electron chi connectivity index (χ2n) is 5.85. The van der Waals surface area contributed by atoms with E-state index in [-0.39, 0.29) is 11.9 Å². The summed E-state index contributed by atoms with van der Waals surface area (Å²) in [7, 11) is 0. The molecule has 0 radical (unpaired) electrons. The molecule has 0 aliphatic heterocycles. The summed E-state index contributed by atoms with van der Waals surface area (Å²) >= 11 is 0. The summed E-state index contributed by atoms with van der Waals surface area (Å²) in [6.45, 7) is 9.14. The maximum Gasteiger partial charge on any atom is 0.220 e. The third-order valence-electron chi connectivity index (χ3n) is 3.32. The van der Waals surface area contributed by atoms with Gasteiger partial charge in [-0.3, -0.25) is 4.79 Å². The number of carbonyl (C=O) groups is 1. The molecule has 0 aromatic heterocycles. The van der Waals surface area contributed by atoms with Gasteiger partial charge >= 0.3 is 0 Å². The molecule has 3 nitrogen and oxygen atoms in total. The van der Waals surface area contributed by atoms with Crippen LogP contribution in [-0.4, -0.2) is 18.6 Å². The average Bonchev–Trinajstić information content (AvgIpc) is 2.41. The van der Waals surface area contributed by atoms with Gasteiger partial charge in [-0.25, -0.2) is 0 Å². The summed E-state index contributed by atoms with van der Waals surface area (Å²) in [4.78, 5) is 11.9. The fourth-order valence-electron chi connectivity index (χ4n) is 2.30. The second kappa shape index (κ2) is 8.62. The second-order valence-corrected chi connectivity index (χ2v) is 5.85. The van der Waals surface area contributed by atoms with E-state index >= 15 is 0 Å². The van der Waals surface area contributed by atoms with Crippen LogP contribution < -0.4 is 10.1 Å². The molecule has 1 aromatic rings. The number of nitrogens with one attached hydrogen (secondary N) is 1. The summed E-state index contributed by atoms with van der Waals surface area (Å²) in [5, 5.41) is 3.12. The highest BCUT2D eigenvalue weighted by atomic mass is 16.5. The van der Waals surface area contributed by atoms with Crippen LogP contribution >= 0.6 is 0 Å². The van der Waals surface area contributed by atoms with Gasteiger partial charge in [0.15, 0.2) is 0 Å². The van der Waals surface area contributed by atoms with Crippen LogP contribution in [-0.2, 0) is 4.79 Å². The van der Waals surface area contributed by atoms with Crippen LogP contribution in [0.3, 0.4) is 0 Å². The van der Waals surface area contributed by atoms with Crippen LogP contribution in [0.25, 0.3) is 0 Å². The molecule has 0 heterocycles. The van der Waals surface area contributed by atoms with Crippen LogP contribution in [0.15, 0.2) is 30.3 Å². The molecular weight excluding hydrogens is 250 g/mol. The molecule has 3 heteroatoms. The number of hydrogen-bond donors (Lipinski definition) is 1. The lowest BCUT2D eigenvalue weighted by Crippen LogP contribution is -2.42. The van der Waals surface area contributed by atoms with E-state index in [0.29, 0.717) is 24.9 Å². The first kappa shape index (κ1) is 16.5. The summed E-state index contributed by atoms with van der Waals surface area (Å²) in [6, 6.07) is 9.94. The first-order chi connectivity index (χ1) is 9.50. The smallest absolute Gasteiger partial charge is 0.220 e. The summed E-state index contributed by atoms with van der Waals surface area (Å²) in [5.41, 5.74) is 0. The van der Waals surface area contributed by atoms with E-state index in [4.69, 9.17) is 4.74 Å². The SMILES string of the molecule is CC(C)C(NC(=O)CCCOc1ccccc1)C(C)C. The molecule has 0 fully saturated rings. The van der Waals surface area contributed by atoms with E-state index in [1.165, 1.54) is 0 Å². The number of para-hydroxylation sites is 1. The van der Waals surface area contributed by atoms with Crippen molar-refractivity contribution in [1.82, 2.24) is 5.32 Å². The molecule has 0 saturated carbocycles. The van der Waals surface area contributed by atoms with Gasteiger partial charge < -0.3 is 10.1 Å². The fourth-order valence-corrected chi connectivity index (χ4v) is 2.30. The molecular formula is C17H27NO2. The van der Waals surface area contributed by atoms with E-state index < -0.39 is 0 Å². The summed E-state index contributed by atoms with van der Waals surface area (Å²) < 4.78 is 5.58. The largest absolute Gasteiger partial charge is 0.494 e. The first-order valence-electron chi connectivity index (χ1n) is 7.48. The van der Waals surface area contributed by atoms with Crippen LogP contribution in [0.5, 0.6) is 5.75 Å². The van der Waals surface area contributed by atoms with Crippen molar-refractivity contribution in [2.24, 2.45) is 11.8 Å².